The van der Waals surface area contributed by atoms with Gasteiger partial charge in [0.15, 0.2) is 0 Å². The highest BCUT2D eigenvalue weighted by Crippen LogP contribution is 2.29. The molecule has 0 spiro atoms. The summed E-state index contributed by atoms with van der Waals surface area (Å²) in [7, 11) is 0. The summed E-state index contributed by atoms with van der Waals surface area (Å²) >= 11 is 0. The summed E-state index contributed by atoms with van der Waals surface area (Å²) < 4.78 is 5.78. The lowest BCUT2D eigenvalue weighted by Crippen LogP contribution is -2.27. The van der Waals surface area contributed by atoms with Crippen molar-refractivity contribution in [3.05, 3.63) is 29.8 Å². The highest BCUT2D eigenvalue weighted by Gasteiger charge is 2.23. The first kappa shape index (κ1) is 14.4. The number of rotatable bonds is 9. The molecule has 1 aromatic rings. The molecule has 106 valence electrons. The second-order valence-corrected chi connectivity index (χ2v) is 5.39. The molecule has 0 radical (unpaired) electrons. The quantitative estimate of drug-likeness (QED) is 0.695. The van der Waals surface area contributed by atoms with Gasteiger partial charge in [-0.15, -0.1) is 0 Å². The van der Waals surface area contributed by atoms with E-state index in [0.29, 0.717) is 6.54 Å². The van der Waals surface area contributed by atoms with Gasteiger partial charge in [0.25, 0.3) is 0 Å². The van der Waals surface area contributed by atoms with Crippen LogP contribution in [0.5, 0.6) is 5.75 Å². The molecule has 3 nitrogen and oxygen atoms in total. The summed E-state index contributed by atoms with van der Waals surface area (Å²) in [6, 6.07) is 8.06. The lowest BCUT2D eigenvalue weighted by molar-refractivity contribution is 0.235. The molecular weight excluding hydrogens is 236 g/mol. The molecule has 0 heterocycles. The van der Waals surface area contributed by atoms with Crippen LogP contribution in [0.3, 0.4) is 0 Å². The van der Waals surface area contributed by atoms with Crippen LogP contribution in [-0.4, -0.2) is 31.1 Å². The Hall–Kier alpha value is -1.06. The minimum atomic E-state index is 0.572. The standard InChI is InChI=1S/C16H26N2O/c1-2-18(13-14-7-8-14)9-4-10-19-16-6-3-5-15(11-16)12-17/h3,5-6,11,14H,2,4,7-10,12-13,17H2,1H3. The van der Waals surface area contributed by atoms with Crippen LogP contribution in [0.1, 0.15) is 31.7 Å². The number of nitrogens with two attached hydrogens (primary N) is 1. The fraction of sp³-hybridized carbons (Fsp3) is 0.625. The Kier molecular flexibility index (Phi) is 5.67. The molecule has 1 aliphatic rings. The van der Waals surface area contributed by atoms with Crippen molar-refractivity contribution < 1.29 is 4.74 Å². The van der Waals surface area contributed by atoms with Crippen LogP contribution in [0, 0.1) is 5.92 Å². The molecule has 1 fully saturated rings. The highest BCUT2D eigenvalue weighted by molar-refractivity contribution is 5.28. The highest BCUT2D eigenvalue weighted by atomic mass is 16.5. The maximum absolute atomic E-state index is 5.78. The van der Waals surface area contributed by atoms with Gasteiger partial charge in [-0.1, -0.05) is 19.1 Å². The van der Waals surface area contributed by atoms with Crippen molar-refractivity contribution in [1.29, 1.82) is 0 Å². The van der Waals surface area contributed by atoms with Gasteiger partial charge in [0.05, 0.1) is 6.61 Å². The average Bonchev–Trinajstić information content (AvgIpc) is 3.26. The summed E-state index contributed by atoms with van der Waals surface area (Å²) in [6.07, 6.45) is 3.95. The van der Waals surface area contributed by atoms with E-state index in [-0.39, 0.29) is 0 Å². The van der Waals surface area contributed by atoms with Crippen molar-refractivity contribution in [2.75, 3.05) is 26.2 Å². The summed E-state index contributed by atoms with van der Waals surface area (Å²) in [6.45, 7) is 7.17. The Balaban J connectivity index is 1.64. The molecule has 0 bridgehead atoms. The van der Waals surface area contributed by atoms with E-state index in [2.05, 4.69) is 11.8 Å². The van der Waals surface area contributed by atoms with Gasteiger partial charge in [-0.2, -0.15) is 0 Å². The van der Waals surface area contributed by atoms with Crippen molar-refractivity contribution in [1.82, 2.24) is 4.90 Å². The number of nitrogens with zero attached hydrogens (tertiary/aromatic N) is 1. The molecule has 1 aromatic carbocycles. The van der Waals surface area contributed by atoms with Gasteiger partial charge in [0.2, 0.25) is 0 Å². The molecule has 0 aliphatic heterocycles. The van der Waals surface area contributed by atoms with Crippen molar-refractivity contribution in [3.63, 3.8) is 0 Å². The van der Waals surface area contributed by atoms with Gasteiger partial charge in [-0.05, 0) is 49.4 Å². The van der Waals surface area contributed by atoms with Gasteiger partial charge in [0.1, 0.15) is 5.75 Å². The molecule has 0 aromatic heterocycles. The minimum absolute atomic E-state index is 0.572. The molecule has 2 rings (SSSR count). The van der Waals surface area contributed by atoms with Gasteiger partial charge in [-0.25, -0.2) is 0 Å². The maximum Gasteiger partial charge on any atom is 0.119 e. The van der Waals surface area contributed by atoms with Crippen LogP contribution in [-0.2, 0) is 6.54 Å². The molecule has 19 heavy (non-hydrogen) atoms. The molecule has 0 amide bonds. The molecule has 0 atom stereocenters. The molecular formula is C16H26N2O. The number of ether oxygens (including phenoxy) is 1. The molecule has 0 unspecified atom stereocenters. The average molecular weight is 262 g/mol. The van der Waals surface area contributed by atoms with E-state index in [1.54, 1.807) is 0 Å². The SMILES string of the molecule is CCN(CCCOc1cccc(CN)c1)CC1CC1. The first-order chi connectivity index (χ1) is 9.31. The molecule has 1 saturated carbocycles. The van der Waals surface area contributed by atoms with Gasteiger partial charge < -0.3 is 15.4 Å². The van der Waals surface area contributed by atoms with Crippen LogP contribution >= 0.6 is 0 Å². The molecule has 1 aliphatic carbocycles. The van der Waals surface area contributed by atoms with Crippen molar-refractivity contribution >= 4 is 0 Å². The first-order valence-corrected chi connectivity index (χ1v) is 7.46. The zero-order chi connectivity index (χ0) is 13.5. The number of hydrogen-bond acceptors (Lipinski definition) is 3. The monoisotopic (exact) mass is 262 g/mol. The number of benzene rings is 1. The lowest BCUT2D eigenvalue weighted by atomic mass is 10.2. The van der Waals surface area contributed by atoms with Gasteiger partial charge in [0, 0.05) is 19.6 Å². The summed E-state index contributed by atoms with van der Waals surface area (Å²) in [5.74, 6) is 1.91. The molecule has 3 heteroatoms. The van der Waals surface area contributed by atoms with Crippen LogP contribution in [0.25, 0.3) is 0 Å². The lowest BCUT2D eigenvalue weighted by Gasteiger charge is -2.20. The summed E-state index contributed by atoms with van der Waals surface area (Å²) in [5, 5.41) is 0. The zero-order valence-electron chi connectivity index (χ0n) is 12.0. The Bertz CT molecular complexity index is 377. The van der Waals surface area contributed by atoms with Crippen LogP contribution in [0.4, 0.5) is 0 Å². The van der Waals surface area contributed by atoms with Crippen LogP contribution < -0.4 is 10.5 Å². The van der Waals surface area contributed by atoms with E-state index in [0.717, 1.165) is 43.3 Å². The van der Waals surface area contributed by atoms with E-state index in [9.17, 15) is 0 Å². The maximum atomic E-state index is 5.78. The molecule has 2 N–H and O–H groups in total. The Morgan fingerprint density at radius 1 is 1.37 bits per heavy atom. The normalized spacial score (nSPS) is 14.9. The predicted molar refractivity (Wildman–Crippen MR) is 79.3 cm³/mol. The second-order valence-electron chi connectivity index (χ2n) is 5.39. The Labute approximate surface area is 116 Å². The third-order valence-electron chi connectivity index (χ3n) is 3.68. The molecule has 0 saturated heterocycles. The van der Waals surface area contributed by atoms with E-state index in [4.69, 9.17) is 10.5 Å². The van der Waals surface area contributed by atoms with E-state index >= 15 is 0 Å². The van der Waals surface area contributed by atoms with E-state index < -0.39 is 0 Å². The van der Waals surface area contributed by atoms with Crippen LogP contribution in [0.2, 0.25) is 0 Å². The zero-order valence-corrected chi connectivity index (χ0v) is 12.0. The smallest absolute Gasteiger partial charge is 0.119 e. The number of hydrogen-bond donors (Lipinski definition) is 1. The Morgan fingerprint density at radius 3 is 2.89 bits per heavy atom. The van der Waals surface area contributed by atoms with E-state index in [1.807, 2.05) is 24.3 Å². The van der Waals surface area contributed by atoms with Crippen molar-refractivity contribution in [2.24, 2.45) is 11.7 Å². The topological polar surface area (TPSA) is 38.5 Å². The summed E-state index contributed by atoms with van der Waals surface area (Å²) in [4.78, 5) is 2.54. The van der Waals surface area contributed by atoms with Crippen LogP contribution in [0.15, 0.2) is 24.3 Å². The summed E-state index contributed by atoms with van der Waals surface area (Å²) in [5.41, 5.74) is 6.75. The van der Waals surface area contributed by atoms with E-state index in [1.165, 1.54) is 19.4 Å². The third kappa shape index (κ3) is 5.21. The van der Waals surface area contributed by atoms with Gasteiger partial charge in [-0.3, -0.25) is 0 Å². The van der Waals surface area contributed by atoms with Crippen molar-refractivity contribution in [3.8, 4) is 5.75 Å². The largest absolute Gasteiger partial charge is 0.494 e. The fourth-order valence-electron chi connectivity index (χ4n) is 2.28. The second kappa shape index (κ2) is 7.51. The first-order valence-electron chi connectivity index (χ1n) is 7.46. The van der Waals surface area contributed by atoms with Gasteiger partial charge >= 0.3 is 0 Å². The Morgan fingerprint density at radius 2 is 2.21 bits per heavy atom. The van der Waals surface area contributed by atoms with Crippen molar-refractivity contribution in [2.45, 2.75) is 32.7 Å². The minimum Gasteiger partial charge on any atom is -0.494 e. The fourth-order valence-corrected chi connectivity index (χ4v) is 2.28. The predicted octanol–water partition coefficient (Wildman–Crippen LogP) is 2.65. The third-order valence-corrected chi connectivity index (χ3v) is 3.68.